The van der Waals surface area contributed by atoms with Crippen LogP contribution in [0.4, 0.5) is 0 Å². The van der Waals surface area contributed by atoms with Crippen LogP contribution in [0.15, 0.2) is 5.38 Å². The summed E-state index contributed by atoms with van der Waals surface area (Å²) in [5.74, 6) is -0.0371. The smallest absolute Gasteiger partial charge is 0.378 e. The van der Waals surface area contributed by atoms with Gasteiger partial charge in [0.1, 0.15) is 0 Å². The maximum Gasteiger partial charge on any atom is 0.378 e. The maximum absolute atomic E-state index is 11.6. The largest absolute Gasteiger partial charge is 0.460 e. The third kappa shape index (κ3) is 3.14. The molecule has 0 saturated carbocycles. The van der Waals surface area contributed by atoms with Crippen LogP contribution in [0.5, 0.6) is 0 Å². The minimum Gasteiger partial charge on any atom is -0.460 e. The van der Waals surface area contributed by atoms with Crippen LogP contribution in [0.1, 0.15) is 48.0 Å². The molecule has 0 aromatic carbocycles. The lowest BCUT2D eigenvalue weighted by Gasteiger charge is -2.02. The van der Waals surface area contributed by atoms with Gasteiger partial charge in [-0.1, -0.05) is 13.8 Å². The van der Waals surface area contributed by atoms with E-state index in [1.54, 1.807) is 18.3 Å². The Balaban J connectivity index is 2.14. The normalized spacial score (nSPS) is 10.9. The van der Waals surface area contributed by atoms with Crippen molar-refractivity contribution in [3.8, 4) is 0 Å². The Hall–Kier alpha value is -1.83. The molecule has 2 heterocycles. The van der Waals surface area contributed by atoms with E-state index in [-0.39, 0.29) is 5.82 Å². The van der Waals surface area contributed by atoms with E-state index in [2.05, 4.69) is 34.4 Å². The topological polar surface area (TPSA) is 82.8 Å². The van der Waals surface area contributed by atoms with E-state index < -0.39 is 5.97 Å². The number of carbonyl (C=O) groups excluding carboxylic acids is 1. The Kier molecular flexibility index (Phi) is 4.20. The summed E-state index contributed by atoms with van der Waals surface area (Å²) in [6, 6.07) is 0. The highest BCUT2D eigenvalue weighted by Crippen LogP contribution is 2.19. The van der Waals surface area contributed by atoms with Gasteiger partial charge >= 0.3 is 5.97 Å². The summed E-state index contributed by atoms with van der Waals surface area (Å²) in [5.41, 5.74) is 0.839. The van der Waals surface area contributed by atoms with E-state index in [1.807, 2.05) is 5.38 Å². The van der Waals surface area contributed by atoms with Crippen LogP contribution in [-0.2, 0) is 11.3 Å². The Bertz CT molecular complexity index is 563. The predicted octanol–water partition coefficient (Wildman–Crippen LogP) is 1.48. The molecule has 7 nitrogen and oxygen atoms in total. The molecule has 2 aromatic heterocycles. The fraction of sp³-hybridized carbons (Fsp3) is 0.545. The molecule has 0 radical (unpaired) electrons. The van der Waals surface area contributed by atoms with Gasteiger partial charge in [0, 0.05) is 11.3 Å². The number of esters is 1. The van der Waals surface area contributed by atoms with Crippen LogP contribution in [0.2, 0.25) is 0 Å². The lowest BCUT2D eigenvalue weighted by Crippen LogP contribution is -2.15. The van der Waals surface area contributed by atoms with Crippen molar-refractivity contribution in [1.29, 1.82) is 0 Å². The zero-order valence-corrected chi connectivity index (χ0v) is 11.8. The van der Waals surface area contributed by atoms with E-state index in [9.17, 15) is 4.79 Å². The summed E-state index contributed by atoms with van der Waals surface area (Å²) in [6.07, 6.45) is 0. The monoisotopic (exact) mass is 281 g/mol. The van der Waals surface area contributed by atoms with Gasteiger partial charge in [-0.3, -0.25) is 0 Å². The first-order valence-corrected chi connectivity index (χ1v) is 6.87. The second-order valence-electron chi connectivity index (χ2n) is 4.21. The Morgan fingerprint density at radius 3 is 2.95 bits per heavy atom. The molecule has 0 spiro atoms. The van der Waals surface area contributed by atoms with Crippen LogP contribution >= 0.6 is 11.3 Å². The highest BCUT2D eigenvalue weighted by Gasteiger charge is 2.17. The van der Waals surface area contributed by atoms with Gasteiger partial charge in [0.15, 0.2) is 0 Å². The van der Waals surface area contributed by atoms with Crippen molar-refractivity contribution in [2.75, 3.05) is 6.61 Å². The Morgan fingerprint density at radius 1 is 1.53 bits per heavy atom. The van der Waals surface area contributed by atoms with Crippen molar-refractivity contribution >= 4 is 17.3 Å². The molecule has 102 valence electrons. The molecule has 8 heteroatoms. The third-order valence-corrected chi connectivity index (χ3v) is 3.56. The first-order chi connectivity index (χ1) is 9.11. The van der Waals surface area contributed by atoms with Gasteiger partial charge < -0.3 is 4.74 Å². The summed E-state index contributed by atoms with van der Waals surface area (Å²) in [6.45, 7) is 6.57. The minimum atomic E-state index is -0.521. The van der Waals surface area contributed by atoms with E-state index in [0.29, 0.717) is 19.1 Å². The molecular weight excluding hydrogens is 266 g/mol. The van der Waals surface area contributed by atoms with Gasteiger partial charge in [0.05, 0.1) is 23.9 Å². The van der Waals surface area contributed by atoms with Gasteiger partial charge in [-0.2, -0.15) is 0 Å². The number of carbonyl (C=O) groups is 1. The molecule has 0 unspecified atom stereocenters. The van der Waals surface area contributed by atoms with Gasteiger partial charge in [-0.15, -0.1) is 16.4 Å². The van der Waals surface area contributed by atoms with Crippen LogP contribution < -0.4 is 0 Å². The highest BCUT2D eigenvalue weighted by molar-refractivity contribution is 7.09. The molecule has 0 N–H and O–H groups in total. The van der Waals surface area contributed by atoms with Crippen molar-refractivity contribution in [3.05, 3.63) is 21.9 Å². The van der Waals surface area contributed by atoms with E-state index in [4.69, 9.17) is 4.74 Å². The van der Waals surface area contributed by atoms with E-state index >= 15 is 0 Å². The molecule has 2 rings (SSSR count). The van der Waals surface area contributed by atoms with Crippen LogP contribution in [0, 0.1) is 0 Å². The van der Waals surface area contributed by atoms with Crippen LogP contribution in [0.25, 0.3) is 0 Å². The minimum absolute atomic E-state index is 0.0981. The first-order valence-electron chi connectivity index (χ1n) is 5.99. The highest BCUT2D eigenvalue weighted by atomic mass is 32.1. The first kappa shape index (κ1) is 13.6. The summed E-state index contributed by atoms with van der Waals surface area (Å²) < 4.78 is 6.29. The Morgan fingerprint density at radius 2 is 2.32 bits per heavy atom. The number of hydrogen-bond acceptors (Lipinski definition) is 7. The summed E-state index contributed by atoms with van der Waals surface area (Å²) in [4.78, 5) is 16.1. The fourth-order valence-electron chi connectivity index (χ4n) is 1.47. The lowest BCUT2D eigenvalue weighted by atomic mass is 10.2. The molecule has 0 atom stereocenters. The van der Waals surface area contributed by atoms with E-state index in [1.165, 1.54) is 4.68 Å². The summed E-state index contributed by atoms with van der Waals surface area (Å²) in [5, 5.41) is 14.0. The number of hydrogen-bond donors (Lipinski definition) is 0. The van der Waals surface area contributed by atoms with Gasteiger partial charge in [0.25, 0.3) is 5.82 Å². The zero-order valence-electron chi connectivity index (χ0n) is 11.0. The van der Waals surface area contributed by atoms with Crippen molar-refractivity contribution in [1.82, 2.24) is 25.2 Å². The van der Waals surface area contributed by atoms with Crippen molar-refractivity contribution in [2.45, 2.75) is 33.2 Å². The number of tetrazole rings is 1. The molecule has 0 aliphatic heterocycles. The van der Waals surface area contributed by atoms with Gasteiger partial charge in [-0.05, 0) is 17.4 Å². The molecule has 0 aliphatic rings. The zero-order chi connectivity index (χ0) is 13.8. The Labute approximate surface area is 114 Å². The standard InChI is InChI=1S/C11H15N5O2S/c1-4-18-11(17)9-13-14-15-16(9)5-8-6-19-10(12-8)7(2)3/h6-7H,4-5H2,1-3H3. The molecule has 0 aliphatic carbocycles. The number of aromatic nitrogens is 5. The molecule has 2 aromatic rings. The number of rotatable bonds is 5. The van der Waals surface area contributed by atoms with Gasteiger partial charge in [0.2, 0.25) is 0 Å². The van der Waals surface area contributed by atoms with Crippen LogP contribution in [-0.4, -0.2) is 37.8 Å². The van der Waals surface area contributed by atoms with Gasteiger partial charge in [-0.25, -0.2) is 14.5 Å². The number of thiazole rings is 1. The second kappa shape index (κ2) is 5.87. The number of nitrogens with zero attached hydrogens (tertiary/aromatic N) is 5. The third-order valence-electron chi connectivity index (χ3n) is 2.37. The van der Waals surface area contributed by atoms with Crippen molar-refractivity contribution < 1.29 is 9.53 Å². The molecule has 19 heavy (non-hydrogen) atoms. The van der Waals surface area contributed by atoms with Crippen molar-refractivity contribution in [2.24, 2.45) is 0 Å². The maximum atomic E-state index is 11.6. The number of ether oxygens (including phenoxy) is 1. The average Bonchev–Trinajstić information content (AvgIpc) is 2.99. The van der Waals surface area contributed by atoms with Crippen LogP contribution in [0.3, 0.4) is 0 Å². The fourth-order valence-corrected chi connectivity index (χ4v) is 2.29. The summed E-state index contributed by atoms with van der Waals surface area (Å²) >= 11 is 1.59. The van der Waals surface area contributed by atoms with Crippen molar-refractivity contribution in [3.63, 3.8) is 0 Å². The quantitative estimate of drug-likeness (QED) is 0.772. The SMILES string of the molecule is CCOC(=O)c1nnnn1Cc1csc(C(C)C)n1. The molecular formula is C11H15N5O2S. The molecule has 0 amide bonds. The predicted molar refractivity (Wildman–Crippen MR) is 69.1 cm³/mol. The molecule has 0 saturated heterocycles. The molecule has 0 bridgehead atoms. The summed E-state index contributed by atoms with van der Waals surface area (Å²) in [7, 11) is 0. The lowest BCUT2D eigenvalue weighted by molar-refractivity contribution is 0.0505. The van der Waals surface area contributed by atoms with E-state index in [0.717, 1.165) is 10.7 Å². The second-order valence-corrected chi connectivity index (χ2v) is 5.10. The average molecular weight is 281 g/mol. The molecule has 0 fully saturated rings.